The summed E-state index contributed by atoms with van der Waals surface area (Å²) in [5, 5.41) is 11.7. The minimum Gasteiger partial charge on any atom is -0.481 e. The van der Waals surface area contributed by atoms with E-state index >= 15 is 0 Å². The summed E-state index contributed by atoms with van der Waals surface area (Å²) < 4.78 is 13.1. The lowest BCUT2D eigenvalue weighted by molar-refractivity contribution is -0.141. The highest BCUT2D eigenvalue weighted by Crippen LogP contribution is 2.26. The number of rotatable bonds is 3. The van der Waals surface area contributed by atoms with E-state index in [1.54, 1.807) is 13.0 Å². The van der Waals surface area contributed by atoms with E-state index in [1.165, 1.54) is 12.1 Å². The first kappa shape index (κ1) is 13.5. The van der Waals surface area contributed by atoms with Gasteiger partial charge in [0.2, 0.25) is 0 Å². The molecule has 19 heavy (non-hydrogen) atoms. The maximum Gasteiger partial charge on any atom is 0.306 e. The van der Waals surface area contributed by atoms with Gasteiger partial charge in [0.1, 0.15) is 5.82 Å². The topological polar surface area (TPSA) is 66.4 Å². The molecule has 0 bridgehead atoms. The van der Waals surface area contributed by atoms with Crippen LogP contribution in [0, 0.1) is 18.7 Å². The molecule has 0 heterocycles. The molecule has 2 N–H and O–H groups in total. The van der Waals surface area contributed by atoms with Crippen molar-refractivity contribution in [3.63, 3.8) is 0 Å². The molecule has 1 saturated carbocycles. The third kappa shape index (κ3) is 3.10. The van der Waals surface area contributed by atoms with Gasteiger partial charge in [0, 0.05) is 11.6 Å². The van der Waals surface area contributed by atoms with Crippen LogP contribution in [0.5, 0.6) is 0 Å². The summed E-state index contributed by atoms with van der Waals surface area (Å²) in [6, 6.07) is 3.92. The van der Waals surface area contributed by atoms with Gasteiger partial charge >= 0.3 is 5.97 Å². The number of amides is 1. The van der Waals surface area contributed by atoms with Crippen LogP contribution >= 0.6 is 0 Å². The Balaban J connectivity index is 2.02. The minimum atomic E-state index is -0.821. The highest BCUT2D eigenvalue weighted by atomic mass is 19.1. The monoisotopic (exact) mass is 265 g/mol. The van der Waals surface area contributed by atoms with E-state index in [0.29, 0.717) is 30.4 Å². The molecular formula is C14H16FNO3. The molecule has 0 aliphatic heterocycles. The average molecular weight is 265 g/mol. The normalized spacial score (nSPS) is 22.2. The highest BCUT2D eigenvalue weighted by molar-refractivity contribution is 5.95. The summed E-state index contributed by atoms with van der Waals surface area (Å²) >= 11 is 0. The van der Waals surface area contributed by atoms with Crippen molar-refractivity contribution >= 4 is 11.9 Å². The summed E-state index contributed by atoms with van der Waals surface area (Å²) in [4.78, 5) is 22.9. The van der Waals surface area contributed by atoms with Crippen LogP contribution in [0.2, 0.25) is 0 Å². The number of carboxylic acids is 1. The third-order valence-corrected chi connectivity index (χ3v) is 3.56. The second kappa shape index (κ2) is 5.38. The molecule has 2 atom stereocenters. The molecule has 2 rings (SSSR count). The van der Waals surface area contributed by atoms with Gasteiger partial charge in [-0.05, 0) is 43.9 Å². The first-order valence-electron chi connectivity index (χ1n) is 6.27. The largest absolute Gasteiger partial charge is 0.481 e. The van der Waals surface area contributed by atoms with Crippen molar-refractivity contribution in [2.75, 3.05) is 0 Å². The Kier molecular flexibility index (Phi) is 3.83. The Bertz CT molecular complexity index is 515. The first-order chi connectivity index (χ1) is 8.97. The van der Waals surface area contributed by atoms with Crippen molar-refractivity contribution in [3.8, 4) is 0 Å². The van der Waals surface area contributed by atoms with Gasteiger partial charge in [-0.1, -0.05) is 6.07 Å². The van der Waals surface area contributed by atoms with Gasteiger partial charge in [-0.3, -0.25) is 9.59 Å². The van der Waals surface area contributed by atoms with Crippen LogP contribution in [0.4, 0.5) is 4.39 Å². The predicted molar refractivity (Wildman–Crippen MR) is 67.4 cm³/mol. The van der Waals surface area contributed by atoms with E-state index in [0.717, 1.165) is 0 Å². The van der Waals surface area contributed by atoms with E-state index in [-0.39, 0.29) is 17.9 Å². The molecule has 1 amide bonds. The fraction of sp³-hybridized carbons (Fsp3) is 0.429. The number of halogens is 1. The zero-order valence-electron chi connectivity index (χ0n) is 10.6. The number of carbonyl (C=O) groups is 2. The lowest BCUT2D eigenvalue weighted by atomic mass is 10.1. The molecule has 5 heteroatoms. The number of carboxylic acid groups (broad SMARTS) is 1. The summed E-state index contributed by atoms with van der Waals surface area (Å²) in [6.45, 7) is 1.74. The Hall–Kier alpha value is -1.91. The van der Waals surface area contributed by atoms with E-state index in [1.807, 2.05) is 0 Å². The zero-order valence-corrected chi connectivity index (χ0v) is 10.6. The molecule has 0 unspecified atom stereocenters. The van der Waals surface area contributed by atoms with Crippen LogP contribution in [-0.2, 0) is 4.79 Å². The van der Waals surface area contributed by atoms with Gasteiger partial charge in [0.05, 0.1) is 5.92 Å². The number of carbonyl (C=O) groups excluding carboxylic acids is 1. The SMILES string of the molecule is Cc1ccc(F)cc1C(=O)N[C@H]1CC[C@H](C(=O)O)C1. The van der Waals surface area contributed by atoms with Crippen molar-refractivity contribution in [2.45, 2.75) is 32.2 Å². The Morgan fingerprint density at radius 1 is 1.37 bits per heavy atom. The van der Waals surface area contributed by atoms with E-state index in [2.05, 4.69) is 5.32 Å². The molecule has 1 aromatic carbocycles. The maximum absolute atomic E-state index is 13.1. The van der Waals surface area contributed by atoms with Gasteiger partial charge in [-0.25, -0.2) is 4.39 Å². The second-order valence-electron chi connectivity index (χ2n) is 4.98. The number of aliphatic carboxylic acids is 1. The number of nitrogens with one attached hydrogen (secondary N) is 1. The fourth-order valence-electron chi connectivity index (χ4n) is 2.44. The standard InChI is InChI=1S/C14H16FNO3/c1-8-2-4-10(15)7-12(8)13(17)16-11-5-3-9(6-11)14(18)19/h2,4,7,9,11H,3,5-6H2,1H3,(H,16,17)(H,18,19)/t9-,11-/m0/s1. The smallest absolute Gasteiger partial charge is 0.306 e. The van der Waals surface area contributed by atoms with Crippen molar-refractivity contribution < 1.29 is 19.1 Å². The van der Waals surface area contributed by atoms with Gasteiger partial charge in [-0.2, -0.15) is 0 Å². The number of benzene rings is 1. The summed E-state index contributed by atoms with van der Waals surface area (Å²) in [6.07, 6.45) is 1.66. The third-order valence-electron chi connectivity index (χ3n) is 3.56. The van der Waals surface area contributed by atoms with Crippen LogP contribution in [-0.4, -0.2) is 23.0 Å². The number of aryl methyl sites for hydroxylation is 1. The van der Waals surface area contributed by atoms with Crippen LogP contribution in [0.25, 0.3) is 0 Å². The summed E-state index contributed by atoms with van der Waals surface area (Å²) in [5.41, 5.74) is 1.01. The van der Waals surface area contributed by atoms with E-state index in [4.69, 9.17) is 5.11 Å². The van der Waals surface area contributed by atoms with Gasteiger partial charge in [0.25, 0.3) is 5.91 Å². The average Bonchev–Trinajstić information content (AvgIpc) is 2.80. The van der Waals surface area contributed by atoms with E-state index in [9.17, 15) is 14.0 Å². The lowest BCUT2D eigenvalue weighted by Crippen LogP contribution is -2.33. The highest BCUT2D eigenvalue weighted by Gasteiger charge is 2.30. The van der Waals surface area contributed by atoms with Crippen molar-refractivity contribution in [1.29, 1.82) is 0 Å². The van der Waals surface area contributed by atoms with Crippen molar-refractivity contribution in [1.82, 2.24) is 5.32 Å². The van der Waals surface area contributed by atoms with Crippen molar-refractivity contribution in [2.24, 2.45) is 5.92 Å². The van der Waals surface area contributed by atoms with Crippen LogP contribution in [0.3, 0.4) is 0 Å². The zero-order chi connectivity index (χ0) is 14.0. The molecule has 102 valence electrons. The van der Waals surface area contributed by atoms with Crippen molar-refractivity contribution in [3.05, 3.63) is 35.1 Å². The predicted octanol–water partition coefficient (Wildman–Crippen LogP) is 2.12. The first-order valence-corrected chi connectivity index (χ1v) is 6.27. The molecule has 0 radical (unpaired) electrons. The Morgan fingerprint density at radius 2 is 2.11 bits per heavy atom. The Labute approximate surface area is 110 Å². The van der Waals surface area contributed by atoms with Crippen LogP contribution in [0.15, 0.2) is 18.2 Å². The maximum atomic E-state index is 13.1. The molecule has 0 saturated heterocycles. The molecule has 1 aliphatic carbocycles. The Morgan fingerprint density at radius 3 is 2.74 bits per heavy atom. The molecular weight excluding hydrogens is 249 g/mol. The molecule has 4 nitrogen and oxygen atoms in total. The summed E-state index contributed by atoms with van der Waals surface area (Å²) in [5.74, 6) is -2.00. The van der Waals surface area contributed by atoms with Crippen LogP contribution in [0.1, 0.15) is 35.2 Å². The lowest BCUT2D eigenvalue weighted by Gasteiger charge is -2.13. The van der Waals surface area contributed by atoms with Crippen LogP contribution < -0.4 is 5.32 Å². The number of hydrogen-bond donors (Lipinski definition) is 2. The molecule has 1 aliphatic rings. The molecule has 1 fully saturated rings. The molecule has 0 spiro atoms. The molecule has 0 aromatic heterocycles. The van der Waals surface area contributed by atoms with Gasteiger partial charge in [0.15, 0.2) is 0 Å². The summed E-state index contributed by atoms with van der Waals surface area (Å²) in [7, 11) is 0. The van der Waals surface area contributed by atoms with Gasteiger partial charge in [-0.15, -0.1) is 0 Å². The van der Waals surface area contributed by atoms with E-state index < -0.39 is 11.8 Å². The van der Waals surface area contributed by atoms with Gasteiger partial charge < -0.3 is 10.4 Å². The quantitative estimate of drug-likeness (QED) is 0.879. The molecule has 1 aromatic rings. The number of hydrogen-bond acceptors (Lipinski definition) is 2. The minimum absolute atomic E-state index is 0.142. The second-order valence-corrected chi connectivity index (χ2v) is 4.98. The fourth-order valence-corrected chi connectivity index (χ4v) is 2.44.